The highest BCUT2D eigenvalue weighted by Gasteiger charge is 2.12. The van der Waals surface area contributed by atoms with Crippen LogP contribution in [0.25, 0.3) is 0 Å². The van der Waals surface area contributed by atoms with Gasteiger partial charge in [-0.05, 0) is 26.7 Å². The van der Waals surface area contributed by atoms with Crippen LogP contribution in [0.4, 0.5) is 0 Å². The van der Waals surface area contributed by atoms with E-state index in [4.69, 9.17) is 18.9 Å². The molecule has 8 heteroatoms. The number of unbranched alkanes of at least 4 members (excludes halogenated alkanes) is 1. The largest absolute Gasteiger partial charge is 0.462 e. The molecule has 26 heavy (non-hydrogen) atoms. The minimum atomic E-state index is -0.583. The van der Waals surface area contributed by atoms with Crippen LogP contribution in [0.3, 0.4) is 0 Å². The molecule has 0 bridgehead atoms. The molecular formula is C18H26O8. The minimum Gasteiger partial charge on any atom is -0.462 e. The van der Waals surface area contributed by atoms with E-state index in [1.165, 1.54) is 0 Å². The van der Waals surface area contributed by atoms with E-state index >= 15 is 0 Å². The summed E-state index contributed by atoms with van der Waals surface area (Å²) >= 11 is 0. The lowest BCUT2D eigenvalue weighted by atomic mass is 10.2. The van der Waals surface area contributed by atoms with Gasteiger partial charge in [-0.2, -0.15) is 0 Å². The maximum Gasteiger partial charge on any atom is 0.330 e. The third kappa shape index (κ3) is 12.7. The summed E-state index contributed by atoms with van der Waals surface area (Å²) in [5.41, 5.74) is 0. The minimum absolute atomic E-state index is 0.0399. The SMILES string of the molecule is C=CC(=O)OC(C)COC(=O)CCCCC(=O)OCC(C)OC(=O)C=C. The second-order valence-electron chi connectivity index (χ2n) is 5.48. The zero-order chi connectivity index (χ0) is 19.9. The summed E-state index contributed by atoms with van der Waals surface area (Å²) in [4.78, 5) is 45.0. The summed E-state index contributed by atoms with van der Waals surface area (Å²) in [5, 5.41) is 0. The van der Waals surface area contributed by atoms with Crippen molar-refractivity contribution in [3.8, 4) is 0 Å². The van der Waals surface area contributed by atoms with E-state index in [0.29, 0.717) is 12.8 Å². The smallest absolute Gasteiger partial charge is 0.330 e. The molecule has 0 aliphatic carbocycles. The molecule has 2 unspecified atom stereocenters. The van der Waals surface area contributed by atoms with Crippen LogP contribution >= 0.6 is 0 Å². The van der Waals surface area contributed by atoms with Crippen LogP contribution in [0.5, 0.6) is 0 Å². The molecule has 0 aromatic carbocycles. The number of ether oxygens (including phenoxy) is 4. The van der Waals surface area contributed by atoms with Crippen molar-refractivity contribution in [2.45, 2.75) is 51.7 Å². The van der Waals surface area contributed by atoms with E-state index in [-0.39, 0.29) is 26.1 Å². The normalized spacial score (nSPS) is 12.2. The fourth-order valence-corrected chi connectivity index (χ4v) is 1.66. The molecule has 0 rings (SSSR count). The molecule has 0 saturated heterocycles. The first-order chi connectivity index (χ1) is 12.3. The number of hydrogen-bond acceptors (Lipinski definition) is 8. The zero-order valence-corrected chi connectivity index (χ0v) is 15.2. The number of esters is 4. The molecule has 0 spiro atoms. The topological polar surface area (TPSA) is 105 Å². The molecule has 0 saturated carbocycles. The molecule has 2 atom stereocenters. The highest BCUT2D eigenvalue weighted by Crippen LogP contribution is 2.05. The van der Waals surface area contributed by atoms with Crippen LogP contribution in [0, 0.1) is 0 Å². The lowest BCUT2D eigenvalue weighted by Gasteiger charge is -2.12. The maximum atomic E-state index is 11.5. The molecule has 0 aliphatic heterocycles. The van der Waals surface area contributed by atoms with Crippen LogP contribution in [0.15, 0.2) is 25.3 Å². The molecule has 0 N–H and O–H groups in total. The molecule has 0 amide bonds. The Balaban J connectivity index is 3.74. The lowest BCUT2D eigenvalue weighted by Crippen LogP contribution is -2.21. The second kappa shape index (κ2) is 13.6. The number of hydrogen-bond donors (Lipinski definition) is 0. The first-order valence-electron chi connectivity index (χ1n) is 8.25. The van der Waals surface area contributed by atoms with E-state index in [1.54, 1.807) is 13.8 Å². The summed E-state index contributed by atoms with van der Waals surface area (Å²) in [5.74, 6) is -2.05. The van der Waals surface area contributed by atoms with E-state index in [2.05, 4.69) is 13.2 Å². The van der Waals surface area contributed by atoms with Gasteiger partial charge in [0.05, 0.1) is 0 Å². The van der Waals surface area contributed by atoms with Gasteiger partial charge in [0.2, 0.25) is 0 Å². The first kappa shape index (κ1) is 23.4. The average molecular weight is 370 g/mol. The summed E-state index contributed by atoms with van der Waals surface area (Å²) in [7, 11) is 0. The summed E-state index contributed by atoms with van der Waals surface area (Å²) < 4.78 is 19.6. The number of rotatable bonds is 13. The third-order valence-electron chi connectivity index (χ3n) is 2.94. The fourth-order valence-electron chi connectivity index (χ4n) is 1.66. The van der Waals surface area contributed by atoms with Crippen molar-refractivity contribution in [2.24, 2.45) is 0 Å². The van der Waals surface area contributed by atoms with Gasteiger partial charge in [-0.3, -0.25) is 9.59 Å². The van der Waals surface area contributed by atoms with Crippen LogP contribution < -0.4 is 0 Å². The summed E-state index contributed by atoms with van der Waals surface area (Å²) in [6.45, 7) is 9.64. The van der Waals surface area contributed by atoms with Gasteiger partial charge in [0.25, 0.3) is 0 Å². The number of carbonyl (C=O) groups is 4. The van der Waals surface area contributed by atoms with Crippen molar-refractivity contribution in [2.75, 3.05) is 13.2 Å². The van der Waals surface area contributed by atoms with Gasteiger partial charge in [0.15, 0.2) is 0 Å². The quantitative estimate of drug-likeness (QED) is 0.209. The van der Waals surface area contributed by atoms with Gasteiger partial charge < -0.3 is 18.9 Å². The van der Waals surface area contributed by atoms with Crippen LogP contribution in [-0.4, -0.2) is 49.3 Å². The molecule has 0 radical (unpaired) electrons. The predicted octanol–water partition coefficient (Wildman–Crippen LogP) is 1.87. The molecule has 0 aromatic rings. The van der Waals surface area contributed by atoms with Crippen molar-refractivity contribution < 1.29 is 38.1 Å². The Hall–Kier alpha value is -2.64. The first-order valence-corrected chi connectivity index (χ1v) is 8.25. The van der Waals surface area contributed by atoms with Crippen molar-refractivity contribution >= 4 is 23.9 Å². The molecule has 8 nitrogen and oxygen atoms in total. The Morgan fingerprint density at radius 1 is 0.769 bits per heavy atom. The van der Waals surface area contributed by atoms with Gasteiger partial charge in [-0.25, -0.2) is 9.59 Å². The van der Waals surface area contributed by atoms with E-state index in [1.807, 2.05) is 0 Å². The average Bonchev–Trinajstić information content (AvgIpc) is 2.61. The van der Waals surface area contributed by atoms with Gasteiger partial charge in [0, 0.05) is 25.0 Å². The Kier molecular flexibility index (Phi) is 12.2. The summed E-state index contributed by atoms with van der Waals surface area (Å²) in [6.07, 6.45) is 2.13. The monoisotopic (exact) mass is 370 g/mol. The van der Waals surface area contributed by atoms with E-state index in [9.17, 15) is 19.2 Å². The Bertz CT molecular complexity index is 465. The standard InChI is InChI=1S/C18H26O8/c1-5-15(19)25-13(3)11-23-17(21)9-7-8-10-18(22)24-12-14(4)26-16(20)6-2/h5-6,13-14H,1-2,7-12H2,3-4H3. The second-order valence-corrected chi connectivity index (χ2v) is 5.48. The highest BCUT2D eigenvalue weighted by atomic mass is 16.6. The zero-order valence-electron chi connectivity index (χ0n) is 15.2. The lowest BCUT2D eigenvalue weighted by molar-refractivity contribution is -0.155. The third-order valence-corrected chi connectivity index (χ3v) is 2.94. The molecule has 0 fully saturated rings. The molecule has 0 aromatic heterocycles. The summed E-state index contributed by atoms with van der Waals surface area (Å²) in [6, 6.07) is 0. The Morgan fingerprint density at radius 3 is 1.42 bits per heavy atom. The van der Waals surface area contributed by atoms with Crippen LogP contribution in [0.2, 0.25) is 0 Å². The molecular weight excluding hydrogens is 344 g/mol. The van der Waals surface area contributed by atoms with E-state index in [0.717, 1.165) is 12.2 Å². The van der Waals surface area contributed by atoms with Crippen molar-refractivity contribution in [3.63, 3.8) is 0 Å². The predicted molar refractivity (Wildman–Crippen MR) is 91.9 cm³/mol. The van der Waals surface area contributed by atoms with Gasteiger partial charge >= 0.3 is 23.9 Å². The Morgan fingerprint density at radius 2 is 1.12 bits per heavy atom. The molecule has 146 valence electrons. The number of carbonyl (C=O) groups excluding carboxylic acids is 4. The van der Waals surface area contributed by atoms with Crippen molar-refractivity contribution in [1.29, 1.82) is 0 Å². The Labute approximate surface area is 153 Å². The van der Waals surface area contributed by atoms with Gasteiger partial charge in [-0.1, -0.05) is 13.2 Å². The maximum absolute atomic E-state index is 11.5. The van der Waals surface area contributed by atoms with Gasteiger partial charge in [-0.15, -0.1) is 0 Å². The highest BCUT2D eigenvalue weighted by molar-refractivity contribution is 5.81. The molecule has 0 aliphatic rings. The van der Waals surface area contributed by atoms with E-state index < -0.39 is 36.1 Å². The van der Waals surface area contributed by atoms with Crippen LogP contribution in [-0.2, 0) is 38.1 Å². The van der Waals surface area contributed by atoms with Crippen molar-refractivity contribution in [3.05, 3.63) is 25.3 Å². The van der Waals surface area contributed by atoms with Crippen molar-refractivity contribution in [1.82, 2.24) is 0 Å². The fraction of sp³-hybridized carbons (Fsp3) is 0.556. The molecule has 0 heterocycles. The van der Waals surface area contributed by atoms with Gasteiger partial charge in [0.1, 0.15) is 25.4 Å². The van der Waals surface area contributed by atoms with Crippen LogP contribution in [0.1, 0.15) is 39.5 Å².